The van der Waals surface area contributed by atoms with Gasteiger partial charge in [0.15, 0.2) is 5.60 Å². The molecule has 0 radical (unpaired) electrons. The zero-order chi connectivity index (χ0) is 10.9. The van der Waals surface area contributed by atoms with Crippen LogP contribution in [0.2, 0.25) is 0 Å². The fraction of sp³-hybridized carbons (Fsp3) is 0.900. The topological polar surface area (TPSA) is 66.8 Å². The summed E-state index contributed by atoms with van der Waals surface area (Å²) in [5.41, 5.74) is -1.41. The monoisotopic (exact) mass is 202 g/mol. The number of aliphatic hydroxyl groups is 2. The van der Waals surface area contributed by atoms with Crippen molar-refractivity contribution in [3.8, 4) is 0 Å². The molecule has 0 saturated heterocycles. The van der Waals surface area contributed by atoms with Crippen molar-refractivity contribution < 1.29 is 19.7 Å². The van der Waals surface area contributed by atoms with Crippen molar-refractivity contribution in [2.75, 3.05) is 7.11 Å². The predicted molar refractivity (Wildman–Crippen MR) is 50.5 cm³/mol. The van der Waals surface area contributed by atoms with E-state index in [9.17, 15) is 15.0 Å². The maximum absolute atomic E-state index is 11.3. The zero-order valence-corrected chi connectivity index (χ0v) is 8.86. The second-order valence-electron chi connectivity index (χ2n) is 4.38. The second kappa shape index (κ2) is 3.87. The number of carbonyl (C=O) groups is 1. The summed E-state index contributed by atoms with van der Waals surface area (Å²) in [4.78, 5) is 11.3. The van der Waals surface area contributed by atoms with Crippen LogP contribution in [0.25, 0.3) is 0 Å². The molecule has 0 bridgehead atoms. The first-order valence-corrected chi connectivity index (χ1v) is 4.89. The molecule has 1 fully saturated rings. The number of rotatable bonds is 1. The first-order chi connectivity index (χ1) is 6.40. The lowest BCUT2D eigenvalue weighted by Gasteiger charge is -2.39. The summed E-state index contributed by atoms with van der Waals surface area (Å²) >= 11 is 0. The molecule has 14 heavy (non-hydrogen) atoms. The third-order valence-corrected chi connectivity index (χ3v) is 3.05. The highest BCUT2D eigenvalue weighted by Crippen LogP contribution is 2.36. The Labute approximate surface area is 83.9 Å². The third-order valence-electron chi connectivity index (χ3n) is 3.05. The maximum Gasteiger partial charge on any atom is 0.337 e. The number of aliphatic hydroxyl groups excluding tert-OH is 1. The van der Waals surface area contributed by atoms with Crippen LogP contribution in [0, 0.1) is 11.8 Å². The van der Waals surface area contributed by atoms with E-state index in [1.54, 1.807) is 0 Å². The first-order valence-electron chi connectivity index (χ1n) is 4.89. The fourth-order valence-corrected chi connectivity index (χ4v) is 2.31. The Bertz CT molecular complexity index is 214. The molecule has 0 heterocycles. The summed E-state index contributed by atoms with van der Waals surface area (Å²) in [5, 5.41) is 19.7. The molecule has 2 N–H and O–H groups in total. The Hall–Kier alpha value is -0.610. The van der Waals surface area contributed by atoms with Crippen molar-refractivity contribution >= 4 is 5.97 Å². The van der Waals surface area contributed by atoms with Gasteiger partial charge in [-0.2, -0.15) is 0 Å². The molecular weight excluding hydrogens is 184 g/mol. The van der Waals surface area contributed by atoms with E-state index in [0.717, 1.165) is 0 Å². The van der Waals surface area contributed by atoms with Gasteiger partial charge in [-0.3, -0.25) is 0 Å². The summed E-state index contributed by atoms with van der Waals surface area (Å²) < 4.78 is 4.55. The summed E-state index contributed by atoms with van der Waals surface area (Å²) in [6, 6.07) is 0. The lowest BCUT2D eigenvalue weighted by atomic mass is 9.72. The van der Waals surface area contributed by atoms with Crippen LogP contribution < -0.4 is 0 Å². The number of hydrogen-bond donors (Lipinski definition) is 2. The molecule has 4 nitrogen and oxygen atoms in total. The molecular formula is C10H18O4. The van der Waals surface area contributed by atoms with E-state index in [2.05, 4.69) is 4.74 Å². The number of hydrogen-bond acceptors (Lipinski definition) is 4. The van der Waals surface area contributed by atoms with Gasteiger partial charge >= 0.3 is 5.97 Å². The Morgan fingerprint density at radius 1 is 1.36 bits per heavy atom. The van der Waals surface area contributed by atoms with Gasteiger partial charge in [0, 0.05) is 0 Å². The molecule has 2 atom stereocenters. The molecule has 1 aliphatic rings. The van der Waals surface area contributed by atoms with Crippen LogP contribution in [0.3, 0.4) is 0 Å². The largest absolute Gasteiger partial charge is 0.467 e. The molecule has 0 aliphatic heterocycles. The summed E-state index contributed by atoms with van der Waals surface area (Å²) in [7, 11) is 1.26. The van der Waals surface area contributed by atoms with Gasteiger partial charge in [-0.05, 0) is 24.7 Å². The zero-order valence-electron chi connectivity index (χ0n) is 8.86. The van der Waals surface area contributed by atoms with E-state index in [4.69, 9.17) is 0 Å². The van der Waals surface area contributed by atoms with Crippen molar-refractivity contribution in [3.63, 3.8) is 0 Å². The fourth-order valence-electron chi connectivity index (χ4n) is 2.31. The average Bonchev–Trinajstić information content (AvgIpc) is 2.12. The van der Waals surface area contributed by atoms with Crippen LogP contribution in [-0.4, -0.2) is 35.0 Å². The SMILES string of the molecule is COC(=O)C1(O)C[C@@H](C)C(O)[C@H](C)C1. The Morgan fingerprint density at radius 3 is 2.14 bits per heavy atom. The van der Waals surface area contributed by atoms with Gasteiger partial charge in [-0.1, -0.05) is 13.8 Å². The lowest BCUT2D eigenvalue weighted by Crippen LogP contribution is -2.50. The van der Waals surface area contributed by atoms with Gasteiger partial charge in [0.05, 0.1) is 13.2 Å². The van der Waals surface area contributed by atoms with Crippen LogP contribution in [0.5, 0.6) is 0 Å². The van der Waals surface area contributed by atoms with E-state index in [-0.39, 0.29) is 24.7 Å². The Kier molecular flexibility index (Phi) is 3.17. The van der Waals surface area contributed by atoms with E-state index in [0.29, 0.717) is 0 Å². The number of carbonyl (C=O) groups excluding carboxylic acids is 1. The molecule has 0 unspecified atom stereocenters. The first kappa shape index (κ1) is 11.5. The average molecular weight is 202 g/mol. The maximum atomic E-state index is 11.3. The quantitative estimate of drug-likeness (QED) is 0.601. The smallest absolute Gasteiger partial charge is 0.337 e. The van der Waals surface area contributed by atoms with Crippen LogP contribution in [0.15, 0.2) is 0 Å². The Balaban J connectivity index is 2.78. The van der Waals surface area contributed by atoms with Crippen molar-refractivity contribution in [3.05, 3.63) is 0 Å². The minimum Gasteiger partial charge on any atom is -0.467 e. The highest BCUT2D eigenvalue weighted by Gasteiger charge is 2.46. The summed E-state index contributed by atoms with van der Waals surface area (Å²) in [6.07, 6.45) is 0.0935. The molecule has 0 aromatic carbocycles. The minimum absolute atomic E-state index is 0.0807. The summed E-state index contributed by atoms with van der Waals surface area (Å²) in [6.45, 7) is 3.66. The van der Waals surface area contributed by atoms with Crippen molar-refractivity contribution in [2.24, 2.45) is 11.8 Å². The molecule has 1 aliphatic carbocycles. The van der Waals surface area contributed by atoms with Gasteiger partial charge in [-0.25, -0.2) is 4.79 Å². The van der Waals surface area contributed by atoms with Gasteiger partial charge in [0.1, 0.15) is 0 Å². The normalized spacial score (nSPS) is 43.4. The predicted octanol–water partition coefficient (Wildman–Crippen LogP) is 0.317. The molecule has 0 aromatic heterocycles. The highest BCUT2D eigenvalue weighted by molar-refractivity contribution is 5.79. The van der Waals surface area contributed by atoms with Crippen LogP contribution >= 0.6 is 0 Å². The van der Waals surface area contributed by atoms with E-state index >= 15 is 0 Å². The molecule has 1 saturated carbocycles. The minimum atomic E-state index is -1.41. The highest BCUT2D eigenvalue weighted by atomic mass is 16.5. The molecule has 0 spiro atoms. The second-order valence-corrected chi connectivity index (χ2v) is 4.38. The third kappa shape index (κ3) is 1.91. The van der Waals surface area contributed by atoms with E-state index < -0.39 is 17.7 Å². The molecule has 1 rings (SSSR count). The van der Waals surface area contributed by atoms with Crippen LogP contribution in [0.4, 0.5) is 0 Å². The molecule has 0 aromatic rings. The standard InChI is InChI=1S/C10H18O4/c1-6-4-10(13,9(12)14-3)5-7(2)8(6)11/h6-8,11,13H,4-5H2,1-3H3/t6-,7-,8?,10?/m1/s1. The van der Waals surface area contributed by atoms with Gasteiger partial charge in [-0.15, -0.1) is 0 Å². The van der Waals surface area contributed by atoms with Crippen LogP contribution in [-0.2, 0) is 9.53 Å². The van der Waals surface area contributed by atoms with E-state index in [1.165, 1.54) is 7.11 Å². The number of methoxy groups -OCH3 is 1. The van der Waals surface area contributed by atoms with Crippen molar-refractivity contribution in [2.45, 2.75) is 38.4 Å². The van der Waals surface area contributed by atoms with Crippen LogP contribution in [0.1, 0.15) is 26.7 Å². The number of ether oxygens (including phenoxy) is 1. The molecule has 82 valence electrons. The Morgan fingerprint density at radius 2 is 1.79 bits per heavy atom. The van der Waals surface area contributed by atoms with Crippen molar-refractivity contribution in [1.82, 2.24) is 0 Å². The van der Waals surface area contributed by atoms with Gasteiger partial charge < -0.3 is 14.9 Å². The lowest BCUT2D eigenvalue weighted by molar-refractivity contribution is -0.174. The summed E-state index contributed by atoms with van der Waals surface area (Å²) in [5.74, 6) is -0.756. The molecule has 4 heteroatoms. The molecule has 0 amide bonds. The van der Waals surface area contributed by atoms with E-state index in [1.807, 2.05) is 13.8 Å². The van der Waals surface area contributed by atoms with Gasteiger partial charge in [0.25, 0.3) is 0 Å². The number of esters is 1. The van der Waals surface area contributed by atoms with Gasteiger partial charge in [0.2, 0.25) is 0 Å². The van der Waals surface area contributed by atoms with Crippen molar-refractivity contribution in [1.29, 1.82) is 0 Å².